The molecule has 0 heterocycles. The molecule has 190 valence electrons. The van der Waals surface area contributed by atoms with Crippen molar-refractivity contribution in [1.82, 2.24) is 0 Å². The molecule has 2 aromatic rings. The van der Waals surface area contributed by atoms with Crippen LogP contribution in [0.3, 0.4) is 0 Å². The summed E-state index contributed by atoms with van der Waals surface area (Å²) >= 11 is 0. The Kier molecular flexibility index (Phi) is 10.8. The molecule has 0 aliphatic heterocycles. The van der Waals surface area contributed by atoms with Gasteiger partial charge in [-0.15, -0.1) is 0 Å². The minimum Gasteiger partial charge on any atom is -0.491 e. The molecule has 0 aliphatic rings. The highest BCUT2D eigenvalue weighted by Gasteiger charge is 2.21. The normalized spacial score (nSPS) is 12.6. The van der Waals surface area contributed by atoms with Crippen LogP contribution in [0.5, 0.6) is 11.5 Å². The highest BCUT2D eigenvalue weighted by molar-refractivity contribution is 7.85. The van der Waals surface area contributed by atoms with Crippen molar-refractivity contribution in [2.45, 2.75) is 53.4 Å². The molecule has 0 fully saturated rings. The van der Waals surface area contributed by atoms with Gasteiger partial charge in [-0.05, 0) is 51.7 Å². The molecule has 8 heteroatoms. The number of unbranched alkanes of at least 4 members (excludes halogenated alkanes) is 1. The quantitative estimate of drug-likeness (QED) is 0.294. The first-order valence-corrected chi connectivity index (χ1v) is 13.3. The summed E-state index contributed by atoms with van der Waals surface area (Å²) in [7, 11) is -3.92. The molecule has 7 nitrogen and oxygen atoms in total. The van der Waals surface area contributed by atoms with Crippen LogP contribution in [-0.4, -0.2) is 56.9 Å². The summed E-state index contributed by atoms with van der Waals surface area (Å²) in [5.41, 5.74) is 6.47. The zero-order valence-electron chi connectivity index (χ0n) is 20.9. The van der Waals surface area contributed by atoms with Crippen LogP contribution < -0.4 is 9.47 Å². The maximum Gasteiger partial charge on any atom is 0.264 e. The molecule has 2 aromatic carbocycles. The molecule has 0 saturated carbocycles. The first kappa shape index (κ1) is 28.1. The molecule has 0 aromatic heterocycles. The average molecular weight is 495 g/mol. The third-order valence-corrected chi connectivity index (χ3v) is 6.39. The molecule has 1 atom stereocenters. The van der Waals surface area contributed by atoms with Crippen molar-refractivity contribution in [3.63, 3.8) is 0 Å². The standard InChI is InChI=1S/C26H38O7S/c1-18-14-20(3)25(32-10-8-27)23(16-18)22(5)24-17-19(2)15-21(4)26(24)33-12-11-31-9-6-7-13-34(28,29)30/h14-17,22,27H,6-13H2,1-5H3,(H,28,29,30). The molecule has 2 rings (SSSR count). The van der Waals surface area contributed by atoms with Crippen LogP contribution in [-0.2, 0) is 14.9 Å². The molecule has 0 amide bonds. The molecule has 0 aliphatic carbocycles. The van der Waals surface area contributed by atoms with Crippen molar-refractivity contribution in [2.75, 3.05) is 38.8 Å². The van der Waals surface area contributed by atoms with Crippen molar-refractivity contribution < 1.29 is 32.3 Å². The molecule has 0 radical (unpaired) electrons. The Morgan fingerprint density at radius 1 is 0.794 bits per heavy atom. The Hall–Kier alpha value is -2.13. The van der Waals surface area contributed by atoms with Gasteiger partial charge in [0.15, 0.2) is 0 Å². The Morgan fingerprint density at radius 3 is 1.82 bits per heavy atom. The van der Waals surface area contributed by atoms with E-state index in [1.165, 1.54) is 0 Å². The number of ether oxygens (including phenoxy) is 3. The van der Waals surface area contributed by atoms with Gasteiger partial charge in [-0.25, -0.2) is 0 Å². The van der Waals surface area contributed by atoms with Gasteiger partial charge >= 0.3 is 0 Å². The summed E-state index contributed by atoms with van der Waals surface area (Å²) < 4.78 is 47.9. The topological polar surface area (TPSA) is 102 Å². The van der Waals surface area contributed by atoms with Gasteiger partial charge in [-0.1, -0.05) is 42.3 Å². The number of hydrogen-bond acceptors (Lipinski definition) is 6. The number of aryl methyl sites for hydroxylation is 4. The van der Waals surface area contributed by atoms with Gasteiger partial charge in [0.1, 0.15) is 24.7 Å². The van der Waals surface area contributed by atoms with E-state index < -0.39 is 10.1 Å². The van der Waals surface area contributed by atoms with Crippen molar-refractivity contribution >= 4 is 10.1 Å². The lowest BCUT2D eigenvalue weighted by Crippen LogP contribution is -2.12. The van der Waals surface area contributed by atoms with Crippen LogP contribution >= 0.6 is 0 Å². The Balaban J connectivity index is 2.14. The Labute approximate surface area is 203 Å². The maximum atomic E-state index is 10.8. The van der Waals surface area contributed by atoms with Crippen LogP contribution in [0.4, 0.5) is 0 Å². The van der Waals surface area contributed by atoms with Gasteiger partial charge in [0, 0.05) is 23.7 Å². The van der Waals surface area contributed by atoms with Crippen molar-refractivity contribution in [2.24, 2.45) is 0 Å². The van der Waals surface area contributed by atoms with Crippen molar-refractivity contribution in [1.29, 1.82) is 0 Å². The smallest absolute Gasteiger partial charge is 0.264 e. The third-order valence-electron chi connectivity index (χ3n) is 5.58. The van der Waals surface area contributed by atoms with Gasteiger partial charge in [0.25, 0.3) is 10.1 Å². The van der Waals surface area contributed by atoms with Gasteiger partial charge in [0.2, 0.25) is 0 Å². The maximum absolute atomic E-state index is 10.8. The van der Waals surface area contributed by atoms with E-state index in [4.69, 9.17) is 18.8 Å². The van der Waals surface area contributed by atoms with E-state index in [1.54, 1.807) is 0 Å². The Morgan fingerprint density at radius 2 is 1.32 bits per heavy atom. The fraction of sp³-hybridized carbons (Fsp3) is 0.538. The fourth-order valence-electron chi connectivity index (χ4n) is 4.12. The summed E-state index contributed by atoms with van der Waals surface area (Å²) in [6.07, 6.45) is 0.907. The summed E-state index contributed by atoms with van der Waals surface area (Å²) in [6, 6.07) is 8.43. The van der Waals surface area contributed by atoms with Crippen LogP contribution in [0.1, 0.15) is 59.1 Å². The van der Waals surface area contributed by atoms with Crippen LogP contribution in [0.2, 0.25) is 0 Å². The number of rotatable bonds is 14. The summed E-state index contributed by atoms with van der Waals surface area (Å²) in [5, 5.41) is 9.27. The van der Waals surface area contributed by atoms with Crippen molar-refractivity contribution in [3.8, 4) is 11.5 Å². The lowest BCUT2D eigenvalue weighted by molar-refractivity contribution is 0.0975. The number of hydrogen-bond donors (Lipinski definition) is 2. The van der Waals surface area contributed by atoms with E-state index in [1.807, 2.05) is 13.8 Å². The monoisotopic (exact) mass is 494 g/mol. The van der Waals surface area contributed by atoms with Crippen LogP contribution in [0.25, 0.3) is 0 Å². The summed E-state index contributed by atoms with van der Waals surface area (Å²) in [5.74, 6) is 1.37. The zero-order chi connectivity index (χ0) is 25.3. The molecule has 34 heavy (non-hydrogen) atoms. The predicted octanol–water partition coefficient (Wildman–Crippen LogP) is 4.51. The van der Waals surface area contributed by atoms with Crippen LogP contribution in [0.15, 0.2) is 24.3 Å². The van der Waals surface area contributed by atoms with Gasteiger partial charge in [-0.2, -0.15) is 8.42 Å². The SMILES string of the molecule is Cc1cc(C)c(OCCO)c(C(C)c2cc(C)cc(C)c2OCCOCCCCS(=O)(=O)O)c1. The molecule has 0 saturated heterocycles. The van der Waals surface area contributed by atoms with E-state index in [-0.39, 0.29) is 24.9 Å². The predicted molar refractivity (Wildman–Crippen MR) is 134 cm³/mol. The molecular formula is C26H38O7S. The van der Waals surface area contributed by atoms with E-state index in [9.17, 15) is 13.5 Å². The second kappa shape index (κ2) is 13.1. The highest BCUT2D eigenvalue weighted by atomic mass is 32.2. The Bertz CT molecular complexity index is 1050. The molecule has 0 bridgehead atoms. The van der Waals surface area contributed by atoms with E-state index >= 15 is 0 Å². The molecule has 0 spiro atoms. The number of aliphatic hydroxyl groups is 1. The first-order valence-electron chi connectivity index (χ1n) is 11.6. The largest absolute Gasteiger partial charge is 0.491 e. The molecular weight excluding hydrogens is 456 g/mol. The minimum atomic E-state index is -3.92. The second-order valence-electron chi connectivity index (χ2n) is 8.75. The molecule has 2 N–H and O–H groups in total. The van der Waals surface area contributed by atoms with E-state index in [2.05, 4.69) is 45.0 Å². The first-order chi connectivity index (χ1) is 16.0. The second-order valence-corrected chi connectivity index (χ2v) is 10.3. The zero-order valence-corrected chi connectivity index (χ0v) is 21.7. The molecule has 1 unspecified atom stereocenters. The number of aliphatic hydroxyl groups excluding tert-OH is 1. The fourth-order valence-corrected chi connectivity index (χ4v) is 4.69. The minimum absolute atomic E-state index is 0.00208. The van der Waals surface area contributed by atoms with Crippen LogP contribution in [0, 0.1) is 27.7 Å². The third kappa shape index (κ3) is 8.58. The number of benzene rings is 2. The lowest BCUT2D eigenvalue weighted by atomic mass is 9.87. The van der Waals surface area contributed by atoms with Gasteiger partial charge in [-0.3, -0.25) is 4.55 Å². The van der Waals surface area contributed by atoms with E-state index in [0.717, 1.165) is 44.9 Å². The summed E-state index contributed by atoms with van der Waals surface area (Å²) in [4.78, 5) is 0. The van der Waals surface area contributed by atoms with Crippen molar-refractivity contribution in [3.05, 3.63) is 57.6 Å². The van der Waals surface area contributed by atoms with E-state index in [0.29, 0.717) is 32.7 Å². The van der Waals surface area contributed by atoms with Gasteiger partial charge < -0.3 is 19.3 Å². The lowest BCUT2D eigenvalue weighted by Gasteiger charge is -2.24. The average Bonchev–Trinajstić information content (AvgIpc) is 2.74. The highest BCUT2D eigenvalue weighted by Crippen LogP contribution is 2.40. The summed E-state index contributed by atoms with van der Waals surface area (Å²) in [6.45, 7) is 11.6. The van der Waals surface area contributed by atoms with Gasteiger partial charge in [0.05, 0.1) is 19.0 Å².